The molecule has 0 fully saturated rings. The van der Waals surface area contributed by atoms with Gasteiger partial charge in [-0.3, -0.25) is 0 Å². The molecule has 0 saturated carbocycles. The number of nitrogens with one attached hydrogen (secondary N) is 1. The molecule has 0 bridgehead atoms. The van der Waals surface area contributed by atoms with E-state index < -0.39 is 0 Å². The van der Waals surface area contributed by atoms with Crippen LogP contribution in [0.25, 0.3) is 0 Å². The van der Waals surface area contributed by atoms with E-state index in [0.717, 1.165) is 19.0 Å². The lowest BCUT2D eigenvalue weighted by Gasteiger charge is -2.09. The maximum Gasteiger partial charge on any atom is 0.0208 e. The lowest BCUT2D eigenvalue weighted by molar-refractivity contribution is 0.632. The quantitative estimate of drug-likeness (QED) is 0.727. The van der Waals surface area contributed by atoms with Crippen LogP contribution >= 0.6 is 11.8 Å². The fraction of sp³-hybridized carbons (Fsp3) is 0.600. The van der Waals surface area contributed by atoms with Gasteiger partial charge in [0.1, 0.15) is 0 Å². The van der Waals surface area contributed by atoms with E-state index in [1.807, 2.05) is 11.8 Å². The van der Waals surface area contributed by atoms with Gasteiger partial charge in [0.05, 0.1) is 0 Å². The van der Waals surface area contributed by atoms with E-state index in [1.165, 1.54) is 28.2 Å². The standard InChI is InChI=1S/C15H25NS/c1-5-16-11-14-6-7-15(10-13(14)4)17-9-8-12(2)3/h6-7,10,12,16H,5,8-9,11H2,1-4H3. The Morgan fingerprint density at radius 3 is 2.65 bits per heavy atom. The van der Waals surface area contributed by atoms with Crippen molar-refractivity contribution in [3.63, 3.8) is 0 Å². The summed E-state index contributed by atoms with van der Waals surface area (Å²) in [6.45, 7) is 10.9. The van der Waals surface area contributed by atoms with Crippen molar-refractivity contribution in [1.82, 2.24) is 5.32 Å². The lowest BCUT2D eigenvalue weighted by atomic mass is 10.1. The summed E-state index contributed by atoms with van der Waals surface area (Å²) >= 11 is 1.98. The van der Waals surface area contributed by atoms with Gasteiger partial charge in [-0.05, 0) is 54.8 Å². The summed E-state index contributed by atoms with van der Waals surface area (Å²) in [4.78, 5) is 1.41. The van der Waals surface area contributed by atoms with Crippen LogP contribution in [0.1, 0.15) is 38.3 Å². The van der Waals surface area contributed by atoms with Crippen molar-refractivity contribution in [3.05, 3.63) is 29.3 Å². The van der Waals surface area contributed by atoms with Gasteiger partial charge in [0.25, 0.3) is 0 Å². The summed E-state index contributed by atoms with van der Waals surface area (Å²) in [5.74, 6) is 2.03. The fourth-order valence-electron chi connectivity index (χ4n) is 1.63. The molecule has 0 saturated heterocycles. The summed E-state index contributed by atoms with van der Waals surface area (Å²) in [5, 5.41) is 3.38. The Bertz CT molecular complexity index is 334. The van der Waals surface area contributed by atoms with Crippen LogP contribution in [0.2, 0.25) is 0 Å². The van der Waals surface area contributed by atoms with Gasteiger partial charge in [-0.15, -0.1) is 11.8 Å². The largest absolute Gasteiger partial charge is 0.313 e. The first-order valence-electron chi connectivity index (χ1n) is 6.56. The van der Waals surface area contributed by atoms with Gasteiger partial charge in [-0.25, -0.2) is 0 Å². The van der Waals surface area contributed by atoms with Crippen molar-refractivity contribution in [3.8, 4) is 0 Å². The van der Waals surface area contributed by atoms with Crippen LogP contribution in [0, 0.1) is 12.8 Å². The third-order valence-corrected chi connectivity index (χ3v) is 3.87. The fourth-order valence-corrected chi connectivity index (χ4v) is 2.88. The topological polar surface area (TPSA) is 12.0 Å². The molecule has 96 valence electrons. The van der Waals surface area contributed by atoms with Crippen molar-refractivity contribution >= 4 is 11.8 Å². The Kier molecular flexibility index (Phi) is 6.68. The minimum Gasteiger partial charge on any atom is -0.313 e. The molecule has 0 radical (unpaired) electrons. The summed E-state index contributed by atoms with van der Waals surface area (Å²) in [5.41, 5.74) is 2.82. The minimum atomic E-state index is 0.802. The highest BCUT2D eigenvalue weighted by atomic mass is 32.2. The van der Waals surface area contributed by atoms with Crippen LogP contribution in [0.4, 0.5) is 0 Å². The predicted octanol–water partition coefficient (Wildman–Crippen LogP) is 4.24. The number of thioether (sulfide) groups is 1. The first-order valence-corrected chi connectivity index (χ1v) is 7.55. The molecule has 0 aliphatic carbocycles. The molecule has 0 spiro atoms. The Labute approximate surface area is 110 Å². The van der Waals surface area contributed by atoms with Gasteiger partial charge >= 0.3 is 0 Å². The SMILES string of the molecule is CCNCc1ccc(SCCC(C)C)cc1C. The Morgan fingerprint density at radius 2 is 2.06 bits per heavy atom. The molecule has 1 aromatic carbocycles. The van der Waals surface area contributed by atoms with Crippen LogP contribution in [-0.4, -0.2) is 12.3 Å². The zero-order valence-corrected chi connectivity index (χ0v) is 12.4. The average Bonchev–Trinajstić information content (AvgIpc) is 2.27. The van der Waals surface area contributed by atoms with Crippen LogP contribution in [-0.2, 0) is 6.54 Å². The maximum absolute atomic E-state index is 3.38. The maximum atomic E-state index is 3.38. The van der Waals surface area contributed by atoms with E-state index >= 15 is 0 Å². The van der Waals surface area contributed by atoms with Crippen molar-refractivity contribution in [1.29, 1.82) is 0 Å². The van der Waals surface area contributed by atoms with Crippen LogP contribution < -0.4 is 5.32 Å². The smallest absolute Gasteiger partial charge is 0.0208 e. The highest BCUT2D eigenvalue weighted by Crippen LogP contribution is 2.23. The summed E-state index contributed by atoms with van der Waals surface area (Å²) < 4.78 is 0. The van der Waals surface area contributed by atoms with E-state index in [2.05, 4.69) is 51.2 Å². The molecule has 1 rings (SSSR count). The molecule has 0 aliphatic heterocycles. The normalized spacial score (nSPS) is 11.1. The van der Waals surface area contributed by atoms with Gasteiger partial charge in [0.15, 0.2) is 0 Å². The molecule has 0 heterocycles. The zero-order chi connectivity index (χ0) is 12.7. The van der Waals surface area contributed by atoms with E-state index in [4.69, 9.17) is 0 Å². The summed E-state index contributed by atoms with van der Waals surface area (Å²) in [6, 6.07) is 6.83. The lowest BCUT2D eigenvalue weighted by Crippen LogP contribution is -2.12. The number of benzene rings is 1. The first-order chi connectivity index (χ1) is 8.13. The van der Waals surface area contributed by atoms with Crippen LogP contribution in [0.15, 0.2) is 23.1 Å². The first kappa shape index (κ1) is 14.6. The average molecular weight is 251 g/mol. The number of rotatable bonds is 7. The molecule has 0 atom stereocenters. The van der Waals surface area contributed by atoms with E-state index in [-0.39, 0.29) is 0 Å². The highest BCUT2D eigenvalue weighted by molar-refractivity contribution is 7.99. The molecule has 1 N–H and O–H groups in total. The second kappa shape index (κ2) is 7.78. The second-order valence-corrected chi connectivity index (χ2v) is 6.07. The summed E-state index contributed by atoms with van der Waals surface area (Å²) in [6.07, 6.45) is 1.29. The molecule has 2 heteroatoms. The second-order valence-electron chi connectivity index (χ2n) is 4.90. The van der Waals surface area contributed by atoms with Crippen LogP contribution in [0.5, 0.6) is 0 Å². The van der Waals surface area contributed by atoms with E-state index in [0.29, 0.717) is 0 Å². The molecule has 0 aromatic heterocycles. The van der Waals surface area contributed by atoms with Gasteiger partial charge < -0.3 is 5.32 Å². The van der Waals surface area contributed by atoms with Crippen LogP contribution in [0.3, 0.4) is 0 Å². The highest BCUT2D eigenvalue weighted by Gasteiger charge is 2.01. The van der Waals surface area contributed by atoms with Gasteiger partial charge in [-0.2, -0.15) is 0 Å². The van der Waals surface area contributed by atoms with E-state index in [1.54, 1.807) is 0 Å². The third kappa shape index (κ3) is 5.60. The molecular weight excluding hydrogens is 226 g/mol. The Morgan fingerprint density at radius 1 is 1.29 bits per heavy atom. The number of hydrogen-bond acceptors (Lipinski definition) is 2. The Hall–Kier alpha value is -0.470. The van der Waals surface area contributed by atoms with Crippen molar-refractivity contribution < 1.29 is 0 Å². The molecular formula is C15H25NS. The van der Waals surface area contributed by atoms with Gasteiger partial charge in [0, 0.05) is 11.4 Å². The van der Waals surface area contributed by atoms with Gasteiger partial charge in [0.2, 0.25) is 0 Å². The van der Waals surface area contributed by atoms with Crippen molar-refractivity contribution in [2.24, 2.45) is 5.92 Å². The molecule has 1 aromatic rings. The molecule has 0 amide bonds. The monoisotopic (exact) mass is 251 g/mol. The number of aryl methyl sites for hydroxylation is 1. The number of hydrogen-bond donors (Lipinski definition) is 1. The third-order valence-electron chi connectivity index (χ3n) is 2.84. The molecule has 0 unspecified atom stereocenters. The minimum absolute atomic E-state index is 0.802. The Balaban J connectivity index is 2.50. The van der Waals surface area contributed by atoms with E-state index in [9.17, 15) is 0 Å². The molecule has 17 heavy (non-hydrogen) atoms. The zero-order valence-electron chi connectivity index (χ0n) is 11.5. The van der Waals surface area contributed by atoms with Crippen molar-refractivity contribution in [2.75, 3.05) is 12.3 Å². The van der Waals surface area contributed by atoms with Crippen molar-refractivity contribution in [2.45, 2.75) is 45.6 Å². The molecule has 1 nitrogen and oxygen atoms in total. The summed E-state index contributed by atoms with van der Waals surface area (Å²) in [7, 11) is 0. The van der Waals surface area contributed by atoms with Gasteiger partial charge in [-0.1, -0.05) is 26.8 Å². The predicted molar refractivity (Wildman–Crippen MR) is 78.7 cm³/mol. The molecule has 0 aliphatic rings.